The van der Waals surface area contributed by atoms with Crippen molar-refractivity contribution in [2.24, 2.45) is 0 Å². The highest BCUT2D eigenvalue weighted by Gasteiger charge is 2.09. The molecular weight excluding hydrogens is 272 g/mol. The van der Waals surface area contributed by atoms with Crippen LogP contribution in [0.2, 0.25) is 0 Å². The molecule has 0 saturated heterocycles. The van der Waals surface area contributed by atoms with E-state index in [9.17, 15) is 14.4 Å². The summed E-state index contributed by atoms with van der Waals surface area (Å²) >= 11 is 0. The number of hydrogen-bond acceptors (Lipinski definition) is 3. The summed E-state index contributed by atoms with van der Waals surface area (Å²) in [6, 6.07) is 6.72. The molecule has 0 radical (unpaired) electrons. The Balaban J connectivity index is 2.51. The van der Waals surface area contributed by atoms with Crippen LogP contribution in [-0.4, -0.2) is 41.9 Å². The third kappa shape index (κ3) is 6.07. The minimum Gasteiger partial charge on any atom is -0.481 e. The molecular formula is C15H20N2O4. The standard InChI is InChI=1S/C15H20N2O4/c1-17(2)15(21)11-6-5-7-12(10-11)16-13(18)8-3-4-9-14(19)20/h5-7,10H,3-4,8-9H2,1-2H3,(H,16,18)(H,19,20). The van der Waals surface area contributed by atoms with Crippen molar-refractivity contribution in [2.75, 3.05) is 19.4 Å². The fourth-order valence-corrected chi connectivity index (χ4v) is 1.77. The minimum absolute atomic E-state index is 0.0695. The van der Waals surface area contributed by atoms with Gasteiger partial charge in [-0.1, -0.05) is 6.07 Å². The Morgan fingerprint density at radius 2 is 1.81 bits per heavy atom. The predicted octanol–water partition coefficient (Wildman–Crippen LogP) is 1.97. The van der Waals surface area contributed by atoms with E-state index >= 15 is 0 Å². The summed E-state index contributed by atoms with van der Waals surface area (Å²) in [7, 11) is 3.33. The zero-order valence-corrected chi connectivity index (χ0v) is 12.3. The molecule has 0 aliphatic carbocycles. The molecule has 0 bridgehead atoms. The van der Waals surface area contributed by atoms with Gasteiger partial charge in [0.1, 0.15) is 0 Å². The molecule has 0 fully saturated rings. The normalized spacial score (nSPS) is 10.0. The van der Waals surface area contributed by atoms with Gasteiger partial charge in [0.25, 0.3) is 5.91 Å². The van der Waals surface area contributed by atoms with Gasteiger partial charge in [0.2, 0.25) is 5.91 Å². The highest BCUT2D eigenvalue weighted by molar-refractivity contribution is 5.96. The van der Waals surface area contributed by atoms with Gasteiger partial charge in [-0.2, -0.15) is 0 Å². The number of benzene rings is 1. The van der Waals surface area contributed by atoms with Gasteiger partial charge < -0.3 is 15.3 Å². The molecule has 6 heteroatoms. The van der Waals surface area contributed by atoms with Crippen LogP contribution in [-0.2, 0) is 9.59 Å². The van der Waals surface area contributed by atoms with Crippen molar-refractivity contribution in [3.8, 4) is 0 Å². The number of aliphatic carboxylic acids is 1. The van der Waals surface area contributed by atoms with E-state index in [-0.39, 0.29) is 24.7 Å². The first-order chi connectivity index (χ1) is 9.90. The van der Waals surface area contributed by atoms with Gasteiger partial charge in [0.05, 0.1) is 0 Å². The zero-order valence-electron chi connectivity index (χ0n) is 12.3. The average Bonchev–Trinajstić information content (AvgIpc) is 2.42. The smallest absolute Gasteiger partial charge is 0.303 e. The number of nitrogens with zero attached hydrogens (tertiary/aromatic N) is 1. The molecule has 6 nitrogen and oxygen atoms in total. The predicted molar refractivity (Wildman–Crippen MR) is 79.2 cm³/mol. The average molecular weight is 292 g/mol. The van der Waals surface area contributed by atoms with Crippen LogP contribution in [0.5, 0.6) is 0 Å². The second-order valence-corrected chi connectivity index (χ2v) is 4.93. The van der Waals surface area contributed by atoms with Crippen molar-refractivity contribution in [1.29, 1.82) is 0 Å². The van der Waals surface area contributed by atoms with Gasteiger partial charge >= 0.3 is 5.97 Å². The van der Waals surface area contributed by atoms with Gasteiger partial charge in [-0.25, -0.2) is 0 Å². The lowest BCUT2D eigenvalue weighted by atomic mass is 10.1. The summed E-state index contributed by atoms with van der Waals surface area (Å²) in [5.74, 6) is -1.17. The number of hydrogen-bond donors (Lipinski definition) is 2. The Hall–Kier alpha value is -2.37. The number of amides is 2. The zero-order chi connectivity index (χ0) is 15.8. The number of unbranched alkanes of at least 4 members (excludes halogenated alkanes) is 1. The lowest BCUT2D eigenvalue weighted by molar-refractivity contribution is -0.137. The van der Waals surface area contributed by atoms with E-state index < -0.39 is 5.97 Å². The van der Waals surface area contributed by atoms with E-state index in [0.717, 1.165) is 0 Å². The molecule has 0 spiro atoms. The molecule has 0 aromatic heterocycles. The number of nitrogens with one attached hydrogen (secondary N) is 1. The van der Waals surface area contributed by atoms with Crippen LogP contribution >= 0.6 is 0 Å². The fraction of sp³-hybridized carbons (Fsp3) is 0.400. The lowest BCUT2D eigenvalue weighted by Gasteiger charge is -2.11. The van der Waals surface area contributed by atoms with E-state index in [1.54, 1.807) is 38.4 Å². The van der Waals surface area contributed by atoms with Crippen LogP contribution < -0.4 is 5.32 Å². The van der Waals surface area contributed by atoms with Gasteiger partial charge in [-0.05, 0) is 31.0 Å². The molecule has 0 atom stereocenters. The number of carboxylic acids is 1. The second-order valence-electron chi connectivity index (χ2n) is 4.93. The molecule has 0 heterocycles. The van der Waals surface area contributed by atoms with Crippen LogP contribution in [0, 0.1) is 0 Å². The highest BCUT2D eigenvalue weighted by atomic mass is 16.4. The molecule has 0 saturated carbocycles. The Morgan fingerprint density at radius 1 is 1.14 bits per heavy atom. The van der Waals surface area contributed by atoms with Crippen molar-refractivity contribution >= 4 is 23.5 Å². The van der Waals surface area contributed by atoms with Crippen molar-refractivity contribution in [3.63, 3.8) is 0 Å². The van der Waals surface area contributed by atoms with Crippen molar-refractivity contribution in [2.45, 2.75) is 25.7 Å². The van der Waals surface area contributed by atoms with Gasteiger partial charge in [0, 0.05) is 38.2 Å². The molecule has 0 unspecified atom stereocenters. The monoisotopic (exact) mass is 292 g/mol. The van der Waals surface area contributed by atoms with E-state index in [1.165, 1.54) is 4.90 Å². The number of rotatable bonds is 7. The summed E-state index contributed by atoms with van der Waals surface area (Å²) in [4.78, 5) is 35.4. The van der Waals surface area contributed by atoms with Crippen LogP contribution in [0.15, 0.2) is 24.3 Å². The van der Waals surface area contributed by atoms with Crippen LogP contribution in [0.3, 0.4) is 0 Å². The number of carbonyl (C=O) groups excluding carboxylic acids is 2. The number of anilines is 1. The molecule has 0 aliphatic heterocycles. The van der Waals surface area contributed by atoms with Crippen LogP contribution in [0.1, 0.15) is 36.0 Å². The molecule has 1 aromatic carbocycles. The van der Waals surface area contributed by atoms with Crippen LogP contribution in [0.4, 0.5) is 5.69 Å². The first kappa shape index (κ1) is 16.7. The first-order valence-electron chi connectivity index (χ1n) is 6.73. The molecule has 2 amide bonds. The van der Waals surface area contributed by atoms with Gasteiger partial charge in [-0.3, -0.25) is 14.4 Å². The summed E-state index contributed by atoms with van der Waals surface area (Å²) in [6.07, 6.45) is 1.33. The number of carbonyl (C=O) groups is 3. The van der Waals surface area contributed by atoms with Gasteiger partial charge in [-0.15, -0.1) is 0 Å². The topological polar surface area (TPSA) is 86.7 Å². The SMILES string of the molecule is CN(C)C(=O)c1cccc(NC(=O)CCCCC(=O)O)c1. The van der Waals surface area contributed by atoms with Crippen molar-refractivity contribution in [3.05, 3.63) is 29.8 Å². The maximum atomic E-state index is 11.8. The van der Waals surface area contributed by atoms with Gasteiger partial charge in [0.15, 0.2) is 0 Å². The van der Waals surface area contributed by atoms with Crippen molar-refractivity contribution in [1.82, 2.24) is 4.90 Å². The number of carboxylic acid groups (broad SMARTS) is 1. The van der Waals surface area contributed by atoms with Crippen LogP contribution in [0.25, 0.3) is 0 Å². The minimum atomic E-state index is -0.856. The lowest BCUT2D eigenvalue weighted by Crippen LogP contribution is -2.21. The summed E-state index contributed by atoms with van der Waals surface area (Å²) in [6.45, 7) is 0. The first-order valence-corrected chi connectivity index (χ1v) is 6.73. The summed E-state index contributed by atoms with van der Waals surface area (Å²) in [5, 5.41) is 11.2. The maximum Gasteiger partial charge on any atom is 0.303 e. The Morgan fingerprint density at radius 3 is 2.43 bits per heavy atom. The van der Waals surface area contributed by atoms with E-state index in [1.807, 2.05) is 0 Å². The second kappa shape index (κ2) is 8.04. The molecule has 0 aliphatic rings. The molecule has 21 heavy (non-hydrogen) atoms. The third-order valence-corrected chi connectivity index (χ3v) is 2.84. The summed E-state index contributed by atoms with van der Waals surface area (Å²) < 4.78 is 0. The van der Waals surface area contributed by atoms with E-state index in [0.29, 0.717) is 24.1 Å². The molecule has 1 rings (SSSR count). The molecule has 1 aromatic rings. The Bertz CT molecular complexity index is 526. The van der Waals surface area contributed by atoms with Crippen molar-refractivity contribution < 1.29 is 19.5 Å². The largest absolute Gasteiger partial charge is 0.481 e. The molecule has 114 valence electrons. The summed E-state index contributed by atoms with van der Waals surface area (Å²) in [5.41, 5.74) is 1.06. The Kier molecular flexibility index (Phi) is 6.39. The maximum absolute atomic E-state index is 11.8. The Labute approximate surface area is 123 Å². The fourth-order valence-electron chi connectivity index (χ4n) is 1.77. The highest BCUT2D eigenvalue weighted by Crippen LogP contribution is 2.13. The quantitative estimate of drug-likeness (QED) is 0.752. The molecule has 2 N–H and O–H groups in total. The van der Waals surface area contributed by atoms with E-state index in [2.05, 4.69) is 5.32 Å². The third-order valence-electron chi connectivity index (χ3n) is 2.84. The van der Waals surface area contributed by atoms with E-state index in [4.69, 9.17) is 5.11 Å².